The molecule has 0 aliphatic carbocycles. The molecule has 0 radical (unpaired) electrons. The first-order chi connectivity index (χ1) is 9.75. The summed E-state index contributed by atoms with van der Waals surface area (Å²) in [5.74, 6) is 2.76. The highest BCUT2D eigenvalue weighted by Gasteiger charge is 2.47. The molecule has 3 nitrogen and oxygen atoms in total. The number of rotatable bonds is 2. The van der Waals surface area contributed by atoms with E-state index in [0.717, 1.165) is 18.7 Å². The number of Topliss-reactive ketones (excluding diaryl/α,β-unsaturated/α-hetero) is 1. The SMILES string of the molecule is C#CCN1CCC2(CC1)OC=C(c1ccccc1)C2=O.Cl. The van der Waals surface area contributed by atoms with E-state index in [1.54, 1.807) is 6.26 Å². The van der Waals surface area contributed by atoms with E-state index in [1.807, 2.05) is 30.3 Å². The maximum atomic E-state index is 12.7. The Morgan fingerprint density at radius 3 is 2.52 bits per heavy atom. The molecule has 1 spiro atoms. The van der Waals surface area contributed by atoms with Crippen LogP contribution in [0.1, 0.15) is 18.4 Å². The fourth-order valence-corrected chi connectivity index (χ4v) is 2.89. The van der Waals surface area contributed by atoms with Crippen molar-refractivity contribution in [3.63, 3.8) is 0 Å². The summed E-state index contributed by atoms with van der Waals surface area (Å²) in [5.41, 5.74) is 0.965. The van der Waals surface area contributed by atoms with Crippen LogP contribution in [0, 0.1) is 12.3 Å². The van der Waals surface area contributed by atoms with Gasteiger partial charge in [-0.25, -0.2) is 0 Å². The Morgan fingerprint density at radius 2 is 1.90 bits per heavy atom. The van der Waals surface area contributed by atoms with Crippen molar-refractivity contribution in [3.8, 4) is 12.3 Å². The summed E-state index contributed by atoms with van der Waals surface area (Å²) in [6, 6.07) is 9.70. The third-order valence-corrected chi connectivity index (χ3v) is 4.12. The van der Waals surface area contributed by atoms with Gasteiger partial charge in [-0.3, -0.25) is 9.69 Å². The molecule has 0 amide bonds. The topological polar surface area (TPSA) is 29.5 Å². The van der Waals surface area contributed by atoms with E-state index in [4.69, 9.17) is 11.2 Å². The first-order valence-electron chi connectivity index (χ1n) is 6.89. The maximum absolute atomic E-state index is 12.7. The zero-order valence-corrected chi connectivity index (χ0v) is 12.6. The Kier molecular flexibility index (Phi) is 4.72. The van der Waals surface area contributed by atoms with Crippen LogP contribution in [-0.4, -0.2) is 35.9 Å². The quantitative estimate of drug-likeness (QED) is 0.786. The van der Waals surface area contributed by atoms with E-state index in [-0.39, 0.29) is 18.2 Å². The average Bonchev–Trinajstić information content (AvgIpc) is 2.80. The molecule has 110 valence electrons. The van der Waals surface area contributed by atoms with Crippen molar-refractivity contribution >= 4 is 23.8 Å². The molecule has 0 aromatic heterocycles. The number of hydrogen-bond donors (Lipinski definition) is 0. The average molecular weight is 304 g/mol. The number of halogens is 1. The third kappa shape index (κ3) is 2.83. The van der Waals surface area contributed by atoms with Crippen LogP contribution >= 0.6 is 12.4 Å². The summed E-state index contributed by atoms with van der Waals surface area (Å²) >= 11 is 0. The number of nitrogens with zero attached hydrogens (tertiary/aromatic N) is 1. The predicted molar refractivity (Wildman–Crippen MR) is 85.0 cm³/mol. The number of carbonyl (C=O) groups is 1. The Labute approximate surface area is 131 Å². The van der Waals surface area contributed by atoms with Gasteiger partial charge in [0.2, 0.25) is 5.78 Å². The number of piperidine rings is 1. The minimum Gasteiger partial charge on any atom is -0.486 e. The first-order valence-corrected chi connectivity index (χ1v) is 6.89. The Bertz CT molecular complexity index is 581. The zero-order valence-electron chi connectivity index (χ0n) is 11.7. The van der Waals surface area contributed by atoms with Gasteiger partial charge in [-0.1, -0.05) is 36.3 Å². The van der Waals surface area contributed by atoms with Gasteiger partial charge in [0.15, 0.2) is 5.60 Å². The van der Waals surface area contributed by atoms with Crippen molar-refractivity contribution < 1.29 is 9.53 Å². The van der Waals surface area contributed by atoms with Gasteiger partial charge in [-0.15, -0.1) is 18.8 Å². The highest BCUT2D eigenvalue weighted by Crippen LogP contribution is 2.38. The summed E-state index contributed by atoms with van der Waals surface area (Å²) in [7, 11) is 0. The zero-order chi connectivity index (χ0) is 14.0. The molecule has 0 N–H and O–H groups in total. The molecule has 1 aromatic carbocycles. The highest BCUT2D eigenvalue weighted by atomic mass is 35.5. The molecule has 1 saturated heterocycles. The molecule has 0 atom stereocenters. The van der Waals surface area contributed by atoms with Crippen molar-refractivity contribution in [1.82, 2.24) is 4.90 Å². The van der Waals surface area contributed by atoms with Crippen LogP contribution < -0.4 is 0 Å². The van der Waals surface area contributed by atoms with Gasteiger partial charge in [0, 0.05) is 25.9 Å². The number of likely N-dealkylation sites (tertiary alicyclic amines) is 1. The van der Waals surface area contributed by atoms with Crippen LogP contribution in [0.15, 0.2) is 36.6 Å². The lowest BCUT2D eigenvalue weighted by Crippen LogP contribution is -2.48. The van der Waals surface area contributed by atoms with Gasteiger partial charge in [0.1, 0.15) is 0 Å². The first kappa shape index (κ1) is 15.6. The normalized spacial score (nSPS) is 20.3. The van der Waals surface area contributed by atoms with Crippen LogP contribution in [0.2, 0.25) is 0 Å². The number of terminal acetylenes is 1. The molecule has 1 fully saturated rings. The molecular formula is C17H18ClNO2. The van der Waals surface area contributed by atoms with E-state index < -0.39 is 5.60 Å². The molecule has 1 aromatic rings. The maximum Gasteiger partial charge on any atom is 0.210 e. The van der Waals surface area contributed by atoms with Gasteiger partial charge >= 0.3 is 0 Å². The summed E-state index contributed by atoms with van der Waals surface area (Å²) in [6.07, 6.45) is 8.38. The molecule has 0 saturated carbocycles. The molecule has 2 aliphatic heterocycles. The smallest absolute Gasteiger partial charge is 0.210 e. The molecule has 4 heteroatoms. The Balaban J connectivity index is 0.00000161. The van der Waals surface area contributed by atoms with Crippen LogP contribution in [0.3, 0.4) is 0 Å². The summed E-state index contributed by atoms with van der Waals surface area (Å²) < 4.78 is 5.80. The molecular weight excluding hydrogens is 286 g/mol. The molecule has 21 heavy (non-hydrogen) atoms. The molecule has 3 rings (SSSR count). The summed E-state index contributed by atoms with van der Waals surface area (Å²) in [5, 5.41) is 0. The molecule has 0 bridgehead atoms. The number of hydrogen-bond acceptors (Lipinski definition) is 3. The Hall–Kier alpha value is -1.76. The lowest BCUT2D eigenvalue weighted by Gasteiger charge is -2.36. The Morgan fingerprint density at radius 1 is 1.24 bits per heavy atom. The lowest BCUT2D eigenvalue weighted by molar-refractivity contribution is -0.133. The fourth-order valence-electron chi connectivity index (χ4n) is 2.89. The summed E-state index contributed by atoms with van der Waals surface area (Å²) in [6.45, 7) is 2.26. The number of benzene rings is 1. The van der Waals surface area contributed by atoms with E-state index >= 15 is 0 Å². The fraction of sp³-hybridized carbons (Fsp3) is 0.353. The minimum atomic E-state index is -0.656. The van der Waals surface area contributed by atoms with E-state index in [9.17, 15) is 4.79 Å². The molecule has 0 unspecified atom stereocenters. The van der Waals surface area contributed by atoms with Gasteiger partial charge < -0.3 is 4.74 Å². The van der Waals surface area contributed by atoms with Crippen molar-refractivity contribution in [3.05, 3.63) is 42.2 Å². The van der Waals surface area contributed by atoms with E-state index in [2.05, 4.69) is 10.8 Å². The van der Waals surface area contributed by atoms with Crippen molar-refractivity contribution in [2.75, 3.05) is 19.6 Å². The van der Waals surface area contributed by atoms with Crippen LogP contribution in [-0.2, 0) is 9.53 Å². The molecule has 2 aliphatic rings. The van der Waals surface area contributed by atoms with Crippen LogP contribution in [0.5, 0.6) is 0 Å². The predicted octanol–water partition coefficient (Wildman–Crippen LogP) is 2.52. The second-order valence-corrected chi connectivity index (χ2v) is 5.32. The standard InChI is InChI=1S/C17H17NO2.ClH/c1-2-10-18-11-8-17(9-12-18)16(19)15(13-20-17)14-6-4-3-5-7-14;/h1,3-7,13H,8-12H2;1H. The largest absolute Gasteiger partial charge is 0.486 e. The van der Waals surface area contributed by atoms with E-state index in [1.165, 1.54) is 0 Å². The van der Waals surface area contributed by atoms with Crippen molar-refractivity contribution in [2.24, 2.45) is 0 Å². The van der Waals surface area contributed by atoms with Gasteiger partial charge in [-0.2, -0.15) is 0 Å². The van der Waals surface area contributed by atoms with Gasteiger partial charge in [0.25, 0.3) is 0 Å². The van der Waals surface area contributed by atoms with Crippen molar-refractivity contribution in [2.45, 2.75) is 18.4 Å². The number of ether oxygens (including phenoxy) is 1. The number of ketones is 1. The van der Waals surface area contributed by atoms with E-state index in [0.29, 0.717) is 25.0 Å². The van der Waals surface area contributed by atoms with Gasteiger partial charge in [-0.05, 0) is 5.56 Å². The molecule has 2 heterocycles. The van der Waals surface area contributed by atoms with Crippen LogP contribution in [0.25, 0.3) is 5.57 Å². The highest BCUT2D eigenvalue weighted by molar-refractivity contribution is 6.26. The van der Waals surface area contributed by atoms with Crippen molar-refractivity contribution in [1.29, 1.82) is 0 Å². The third-order valence-electron chi connectivity index (χ3n) is 4.12. The number of carbonyl (C=O) groups excluding carboxylic acids is 1. The second kappa shape index (κ2) is 6.34. The summed E-state index contributed by atoms with van der Waals surface area (Å²) in [4.78, 5) is 14.9. The van der Waals surface area contributed by atoms with Gasteiger partial charge in [0.05, 0.1) is 18.4 Å². The van der Waals surface area contributed by atoms with Crippen LogP contribution in [0.4, 0.5) is 0 Å². The monoisotopic (exact) mass is 303 g/mol. The second-order valence-electron chi connectivity index (χ2n) is 5.32. The minimum absolute atomic E-state index is 0. The lowest BCUT2D eigenvalue weighted by atomic mass is 9.84.